The van der Waals surface area contributed by atoms with E-state index >= 15 is 0 Å². The Kier molecular flexibility index (Phi) is 60.0. The maximum Gasteiger partial charge on any atom is 0.306 e. The van der Waals surface area contributed by atoms with Gasteiger partial charge in [0.05, 0.1) is 0 Å². The Morgan fingerprint density at radius 3 is 0.782 bits per heavy atom. The molecule has 0 aliphatic carbocycles. The minimum absolute atomic E-state index is 0.125. The van der Waals surface area contributed by atoms with Crippen molar-refractivity contribution in [1.29, 1.82) is 0 Å². The molecule has 436 valence electrons. The van der Waals surface area contributed by atoms with Crippen LogP contribution >= 0.6 is 0 Å². The second kappa shape index (κ2) is 64.3. The van der Waals surface area contributed by atoms with Gasteiger partial charge >= 0.3 is 17.9 Å². The summed E-state index contributed by atoms with van der Waals surface area (Å²) >= 11 is 0. The van der Waals surface area contributed by atoms with E-state index < -0.39 is 6.10 Å². The molecule has 0 heterocycles. The molecule has 0 saturated carbocycles. The lowest BCUT2D eigenvalue weighted by Crippen LogP contribution is -2.30. The fourth-order valence-electron chi connectivity index (χ4n) is 7.89. The third kappa shape index (κ3) is 61.6. The van der Waals surface area contributed by atoms with Gasteiger partial charge in [0, 0.05) is 19.3 Å². The molecule has 78 heavy (non-hydrogen) atoms. The van der Waals surface area contributed by atoms with Crippen LogP contribution in [0.2, 0.25) is 0 Å². The lowest BCUT2D eigenvalue weighted by molar-refractivity contribution is -0.167. The summed E-state index contributed by atoms with van der Waals surface area (Å²) in [4.78, 5) is 38.3. The van der Waals surface area contributed by atoms with Gasteiger partial charge in [0.15, 0.2) is 6.10 Å². The monoisotopic (exact) mass is 1070 g/mol. The quantitative estimate of drug-likeness (QED) is 0.0261. The van der Waals surface area contributed by atoms with Crippen LogP contribution in [0, 0.1) is 0 Å². The Balaban J connectivity index is 4.60. The van der Waals surface area contributed by atoms with Crippen molar-refractivity contribution < 1.29 is 28.6 Å². The number of rotatable bonds is 54. The number of carbonyl (C=O) groups excluding carboxylic acids is 3. The minimum atomic E-state index is -0.841. The molecule has 0 aromatic rings. The van der Waals surface area contributed by atoms with Gasteiger partial charge in [-0.3, -0.25) is 14.4 Å². The first kappa shape index (κ1) is 72.8. The van der Waals surface area contributed by atoms with Crippen molar-refractivity contribution in [2.75, 3.05) is 13.2 Å². The average Bonchev–Trinajstić information content (AvgIpc) is 3.44. The van der Waals surface area contributed by atoms with Crippen molar-refractivity contribution in [3.05, 3.63) is 170 Å². The molecule has 0 aromatic carbocycles. The summed E-state index contributed by atoms with van der Waals surface area (Å²) in [5.74, 6) is -1.05. The van der Waals surface area contributed by atoms with E-state index in [4.69, 9.17) is 14.2 Å². The zero-order chi connectivity index (χ0) is 56.4. The van der Waals surface area contributed by atoms with Crippen LogP contribution in [-0.4, -0.2) is 37.2 Å². The molecule has 6 heteroatoms. The predicted molar refractivity (Wildman–Crippen MR) is 338 cm³/mol. The van der Waals surface area contributed by atoms with E-state index in [1.807, 2.05) is 0 Å². The normalized spacial score (nSPS) is 13.3. The topological polar surface area (TPSA) is 78.9 Å². The van der Waals surface area contributed by atoms with Gasteiger partial charge in [-0.15, -0.1) is 0 Å². The summed E-state index contributed by atoms with van der Waals surface area (Å²) < 4.78 is 16.8. The summed E-state index contributed by atoms with van der Waals surface area (Å²) in [6.45, 7) is 6.31. The largest absolute Gasteiger partial charge is 0.462 e. The molecule has 6 nitrogen and oxygen atoms in total. The smallest absolute Gasteiger partial charge is 0.306 e. The SMILES string of the molecule is CC/C=C\C/C=C\C/C=C\C/C=C\C/C=C\C/C=C\C/C=C\CCCC(=O)OCC(COC(=O)CCCCCCCCCCCCCCCC)OC(=O)CCC/C=C\C/C=C\C/C=C\C/C=C\C/C=C\C/C=C\C/C=C\CC. The van der Waals surface area contributed by atoms with Crippen LogP contribution in [0.4, 0.5) is 0 Å². The molecule has 0 fully saturated rings. The average molecular weight is 1070 g/mol. The molecule has 0 bridgehead atoms. The number of unbranched alkanes of at least 4 members (excludes halogenated alkanes) is 15. The van der Waals surface area contributed by atoms with Crippen LogP contribution < -0.4 is 0 Å². The van der Waals surface area contributed by atoms with Crippen LogP contribution in [0.15, 0.2) is 170 Å². The highest BCUT2D eigenvalue weighted by molar-refractivity contribution is 5.71. The van der Waals surface area contributed by atoms with Crippen LogP contribution in [-0.2, 0) is 28.6 Å². The Bertz CT molecular complexity index is 1810. The number of ether oxygens (including phenoxy) is 3. The zero-order valence-corrected chi connectivity index (χ0v) is 49.9. The molecule has 0 aliphatic rings. The van der Waals surface area contributed by atoms with Crippen LogP contribution in [0.25, 0.3) is 0 Å². The molecular weight excluding hydrogens is 961 g/mol. The Hall–Kier alpha value is -5.23. The van der Waals surface area contributed by atoms with E-state index in [0.717, 1.165) is 122 Å². The third-order valence-corrected chi connectivity index (χ3v) is 12.5. The summed E-state index contributed by atoms with van der Waals surface area (Å²) in [6.07, 6.45) is 95.0. The van der Waals surface area contributed by atoms with Crippen LogP contribution in [0.5, 0.6) is 0 Å². The maximum absolute atomic E-state index is 12.9. The van der Waals surface area contributed by atoms with Gasteiger partial charge in [0.2, 0.25) is 0 Å². The highest BCUT2D eigenvalue weighted by atomic mass is 16.6. The Labute approximate surface area is 479 Å². The van der Waals surface area contributed by atoms with Gasteiger partial charge in [0.25, 0.3) is 0 Å². The highest BCUT2D eigenvalue weighted by Gasteiger charge is 2.19. The summed E-state index contributed by atoms with van der Waals surface area (Å²) in [6, 6.07) is 0. The molecule has 0 saturated heterocycles. The van der Waals surface area contributed by atoms with Crippen molar-refractivity contribution in [1.82, 2.24) is 0 Å². The molecule has 1 unspecified atom stereocenters. The minimum Gasteiger partial charge on any atom is -0.462 e. The van der Waals surface area contributed by atoms with Gasteiger partial charge < -0.3 is 14.2 Å². The number of allylic oxidation sites excluding steroid dienone is 28. The molecule has 0 aliphatic heterocycles. The summed E-state index contributed by atoms with van der Waals surface area (Å²) in [5, 5.41) is 0. The highest BCUT2D eigenvalue weighted by Crippen LogP contribution is 2.14. The first-order chi connectivity index (χ1) is 38.5. The second-order valence-corrected chi connectivity index (χ2v) is 19.9. The molecule has 0 radical (unpaired) electrons. The molecule has 0 N–H and O–H groups in total. The van der Waals surface area contributed by atoms with E-state index in [-0.39, 0.29) is 44.0 Å². The number of hydrogen-bond acceptors (Lipinski definition) is 6. The molecule has 1 atom stereocenters. The van der Waals surface area contributed by atoms with E-state index in [1.54, 1.807) is 0 Å². The Morgan fingerprint density at radius 2 is 0.500 bits per heavy atom. The summed E-state index contributed by atoms with van der Waals surface area (Å²) in [7, 11) is 0. The van der Waals surface area contributed by atoms with Gasteiger partial charge in [-0.25, -0.2) is 0 Å². The third-order valence-electron chi connectivity index (χ3n) is 12.5. The number of carbonyl (C=O) groups is 3. The molecular formula is C72H112O6. The fraction of sp³-hybridized carbons (Fsp3) is 0.569. The first-order valence-corrected chi connectivity index (χ1v) is 31.1. The molecule has 0 amide bonds. The van der Waals surface area contributed by atoms with Crippen LogP contribution in [0.1, 0.15) is 245 Å². The van der Waals surface area contributed by atoms with Crippen molar-refractivity contribution in [2.24, 2.45) is 0 Å². The van der Waals surface area contributed by atoms with E-state index in [2.05, 4.69) is 191 Å². The molecule has 0 rings (SSSR count). The van der Waals surface area contributed by atoms with E-state index in [9.17, 15) is 14.4 Å². The van der Waals surface area contributed by atoms with Gasteiger partial charge in [-0.2, -0.15) is 0 Å². The maximum atomic E-state index is 12.9. The van der Waals surface area contributed by atoms with Crippen molar-refractivity contribution in [2.45, 2.75) is 252 Å². The van der Waals surface area contributed by atoms with Gasteiger partial charge in [-0.1, -0.05) is 274 Å². The Morgan fingerprint density at radius 1 is 0.269 bits per heavy atom. The van der Waals surface area contributed by atoms with Crippen LogP contribution in [0.3, 0.4) is 0 Å². The van der Waals surface area contributed by atoms with Crippen molar-refractivity contribution >= 4 is 17.9 Å². The molecule has 0 aromatic heterocycles. The molecule has 0 spiro atoms. The predicted octanol–water partition coefficient (Wildman–Crippen LogP) is 21.5. The van der Waals surface area contributed by atoms with E-state index in [1.165, 1.54) is 70.6 Å². The number of hydrogen-bond donors (Lipinski definition) is 0. The second-order valence-electron chi connectivity index (χ2n) is 19.9. The zero-order valence-electron chi connectivity index (χ0n) is 49.9. The van der Waals surface area contributed by atoms with Gasteiger partial charge in [0.1, 0.15) is 13.2 Å². The lowest BCUT2D eigenvalue weighted by atomic mass is 10.0. The van der Waals surface area contributed by atoms with Crippen molar-refractivity contribution in [3.8, 4) is 0 Å². The first-order valence-electron chi connectivity index (χ1n) is 31.1. The fourth-order valence-corrected chi connectivity index (χ4v) is 7.89. The van der Waals surface area contributed by atoms with E-state index in [0.29, 0.717) is 19.3 Å². The van der Waals surface area contributed by atoms with Gasteiger partial charge in [-0.05, 0) is 122 Å². The lowest BCUT2D eigenvalue weighted by Gasteiger charge is -2.18. The summed E-state index contributed by atoms with van der Waals surface area (Å²) in [5.41, 5.74) is 0. The standard InChI is InChI=1S/C72H112O6/c1-4-7-10-13-16-19-22-25-28-30-32-34-36-38-40-42-44-47-50-53-56-59-62-65-71(74)77-68-69(67-76-70(73)64-61-58-55-52-49-46-27-24-21-18-15-12-9-6-3)78-72(75)66-63-60-57-54-51-48-45-43-41-39-37-35-33-31-29-26-23-20-17-14-11-8-5-2/h7-8,10-11,16-17,19-20,25-26,28-29,32-35,38-41,44-45,47-48,53-54,56-57,69H,4-6,9,12-15,18,21-24,27,30-31,36-37,42-43,46,49-52,55,58-68H2,1-3H3/b10-7-,11-8-,19-16-,20-17-,28-25-,29-26-,34-32-,35-33-,40-38-,41-39-,47-44-,48-45-,56-53-,57-54-. The van der Waals surface area contributed by atoms with Crippen molar-refractivity contribution in [3.63, 3.8) is 0 Å². The number of esters is 3.